The number of imide groups is 1. The van der Waals surface area contributed by atoms with E-state index in [-0.39, 0.29) is 5.91 Å². The molecule has 3 rings (SSSR count). The summed E-state index contributed by atoms with van der Waals surface area (Å²) in [5, 5.41) is 8.76. The zero-order chi connectivity index (χ0) is 12.0. The molecule has 0 aliphatic carbocycles. The topological polar surface area (TPSA) is 70.2 Å². The average molecular weight is 252 g/mol. The number of carbonyl (C=O) groups is 2. The van der Waals surface area contributed by atoms with Crippen molar-refractivity contribution >= 4 is 29.2 Å². The van der Waals surface area contributed by atoms with Crippen molar-refractivity contribution in [1.82, 2.24) is 10.6 Å². The quantitative estimate of drug-likeness (QED) is 0.607. The lowest BCUT2D eigenvalue weighted by Gasteiger charge is -2.33. The highest BCUT2D eigenvalue weighted by atomic mass is 35.5. The van der Waals surface area contributed by atoms with E-state index in [2.05, 4.69) is 16.0 Å². The molecule has 17 heavy (non-hydrogen) atoms. The van der Waals surface area contributed by atoms with Gasteiger partial charge < -0.3 is 10.6 Å². The lowest BCUT2D eigenvalue weighted by molar-refractivity contribution is -0.124. The van der Waals surface area contributed by atoms with Crippen LogP contribution in [-0.2, 0) is 10.3 Å². The van der Waals surface area contributed by atoms with Gasteiger partial charge in [-0.2, -0.15) is 0 Å². The number of halogens is 1. The molecule has 0 saturated carbocycles. The Balaban J connectivity index is 2.17. The van der Waals surface area contributed by atoms with Crippen molar-refractivity contribution in [1.29, 1.82) is 0 Å². The van der Waals surface area contributed by atoms with E-state index in [0.717, 1.165) is 11.3 Å². The Morgan fingerprint density at radius 2 is 2.12 bits per heavy atom. The van der Waals surface area contributed by atoms with Crippen LogP contribution in [0.1, 0.15) is 12.0 Å². The lowest BCUT2D eigenvalue weighted by atomic mass is 9.83. The van der Waals surface area contributed by atoms with Gasteiger partial charge in [0, 0.05) is 29.2 Å². The van der Waals surface area contributed by atoms with Gasteiger partial charge in [0.2, 0.25) is 0 Å². The number of hydrogen-bond donors (Lipinski definition) is 3. The van der Waals surface area contributed by atoms with Gasteiger partial charge in [-0.05, 0) is 12.1 Å². The summed E-state index contributed by atoms with van der Waals surface area (Å²) in [6, 6.07) is 4.80. The molecule has 3 amide bonds. The van der Waals surface area contributed by atoms with E-state index in [1.54, 1.807) is 18.2 Å². The molecule has 1 aromatic carbocycles. The summed E-state index contributed by atoms with van der Waals surface area (Å²) in [6.07, 6.45) is 0.527. The van der Waals surface area contributed by atoms with Gasteiger partial charge in [0.25, 0.3) is 5.91 Å². The van der Waals surface area contributed by atoms with Crippen LogP contribution in [0.25, 0.3) is 0 Å². The Morgan fingerprint density at radius 1 is 1.29 bits per heavy atom. The molecular formula is C11H10ClN3O2. The third-order valence-electron chi connectivity index (χ3n) is 3.20. The van der Waals surface area contributed by atoms with Crippen molar-refractivity contribution in [2.75, 3.05) is 11.9 Å². The maximum atomic E-state index is 12.0. The minimum absolute atomic E-state index is 0.299. The second-order valence-corrected chi connectivity index (χ2v) is 4.62. The van der Waals surface area contributed by atoms with Crippen LogP contribution in [0.2, 0.25) is 5.02 Å². The summed E-state index contributed by atoms with van der Waals surface area (Å²) in [6.45, 7) is 0.612. The number of carbonyl (C=O) groups excluding carboxylic acids is 2. The van der Waals surface area contributed by atoms with E-state index >= 15 is 0 Å². The van der Waals surface area contributed by atoms with Crippen molar-refractivity contribution in [3.8, 4) is 0 Å². The highest BCUT2D eigenvalue weighted by Gasteiger charge is 2.49. The Kier molecular flexibility index (Phi) is 2.06. The number of rotatable bonds is 0. The van der Waals surface area contributed by atoms with Crippen LogP contribution in [0.15, 0.2) is 18.2 Å². The fourth-order valence-corrected chi connectivity index (χ4v) is 2.58. The first-order chi connectivity index (χ1) is 8.12. The molecule has 0 aromatic heterocycles. The Bertz CT molecular complexity index is 531. The third kappa shape index (κ3) is 1.39. The molecule has 2 heterocycles. The second-order valence-electron chi connectivity index (χ2n) is 4.18. The highest BCUT2D eigenvalue weighted by molar-refractivity contribution is 6.31. The van der Waals surface area contributed by atoms with Gasteiger partial charge in [-0.1, -0.05) is 17.7 Å². The van der Waals surface area contributed by atoms with Crippen LogP contribution in [0.4, 0.5) is 10.5 Å². The molecule has 1 fully saturated rings. The van der Waals surface area contributed by atoms with Crippen LogP contribution in [0.5, 0.6) is 0 Å². The normalized spacial score (nSPS) is 26.2. The standard InChI is InChI=1S/C11H10ClN3O2/c12-6-1-2-7-8(5-6)13-4-3-11(7)9(16)14-10(17)15-11/h1-2,5,13H,3-4H2,(H2,14,15,16,17). The first-order valence-electron chi connectivity index (χ1n) is 5.29. The number of fused-ring (bicyclic) bond motifs is 2. The third-order valence-corrected chi connectivity index (χ3v) is 3.43. The molecule has 1 aromatic rings. The predicted octanol–water partition coefficient (Wildman–Crippen LogP) is 1.19. The molecule has 1 spiro atoms. The van der Waals surface area contributed by atoms with Crippen LogP contribution in [0, 0.1) is 0 Å². The summed E-state index contributed by atoms with van der Waals surface area (Å²) < 4.78 is 0. The van der Waals surface area contributed by atoms with Crippen LogP contribution < -0.4 is 16.0 Å². The fraction of sp³-hybridized carbons (Fsp3) is 0.273. The molecule has 6 heteroatoms. The molecular weight excluding hydrogens is 242 g/mol. The van der Waals surface area contributed by atoms with Gasteiger partial charge in [-0.25, -0.2) is 4.79 Å². The number of anilines is 1. The molecule has 2 aliphatic rings. The van der Waals surface area contributed by atoms with Crippen molar-refractivity contribution in [3.05, 3.63) is 28.8 Å². The van der Waals surface area contributed by atoms with E-state index in [9.17, 15) is 9.59 Å². The van der Waals surface area contributed by atoms with E-state index in [1.807, 2.05) is 0 Å². The zero-order valence-corrected chi connectivity index (χ0v) is 9.60. The number of amides is 3. The molecule has 0 radical (unpaired) electrons. The smallest absolute Gasteiger partial charge is 0.322 e. The van der Waals surface area contributed by atoms with Crippen molar-refractivity contribution in [3.63, 3.8) is 0 Å². The van der Waals surface area contributed by atoms with Crippen LogP contribution in [0.3, 0.4) is 0 Å². The highest BCUT2D eigenvalue weighted by Crippen LogP contribution is 2.38. The van der Waals surface area contributed by atoms with Crippen LogP contribution in [-0.4, -0.2) is 18.5 Å². The van der Waals surface area contributed by atoms with Gasteiger partial charge in [0.05, 0.1) is 0 Å². The molecule has 2 aliphatic heterocycles. The van der Waals surface area contributed by atoms with E-state index < -0.39 is 11.6 Å². The summed E-state index contributed by atoms with van der Waals surface area (Å²) >= 11 is 5.91. The maximum Gasteiger partial charge on any atom is 0.322 e. The molecule has 0 bridgehead atoms. The first-order valence-corrected chi connectivity index (χ1v) is 5.67. The number of nitrogens with one attached hydrogen (secondary N) is 3. The SMILES string of the molecule is O=C1NC(=O)C2(CCNc3cc(Cl)ccc32)N1. The molecule has 1 atom stereocenters. The minimum Gasteiger partial charge on any atom is -0.385 e. The predicted molar refractivity (Wildman–Crippen MR) is 62.9 cm³/mol. The maximum absolute atomic E-state index is 12.0. The fourth-order valence-electron chi connectivity index (χ4n) is 2.41. The minimum atomic E-state index is -0.942. The van der Waals surface area contributed by atoms with Gasteiger partial charge in [-0.15, -0.1) is 0 Å². The number of hydrogen-bond acceptors (Lipinski definition) is 3. The summed E-state index contributed by atoms with van der Waals surface area (Å²) in [5.41, 5.74) is 0.611. The van der Waals surface area contributed by atoms with Gasteiger partial charge in [0.15, 0.2) is 0 Å². The molecule has 3 N–H and O–H groups in total. The van der Waals surface area contributed by atoms with E-state index in [0.29, 0.717) is 18.0 Å². The Hall–Kier alpha value is -1.75. The molecule has 1 unspecified atom stereocenters. The van der Waals surface area contributed by atoms with Gasteiger partial charge in [0.1, 0.15) is 5.54 Å². The van der Waals surface area contributed by atoms with Crippen molar-refractivity contribution in [2.45, 2.75) is 12.0 Å². The largest absolute Gasteiger partial charge is 0.385 e. The second kappa shape index (κ2) is 3.37. The van der Waals surface area contributed by atoms with Gasteiger partial charge in [-0.3, -0.25) is 10.1 Å². The number of urea groups is 1. The van der Waals surface area contributed by atoms with E-state index in [4.69, 9.17) is 11.6 Å². The average Bonchev–Trinajstić information content (AvgIpc) is 2.54. The number of benzene rings is 1. The summed E-state index contributed by atoms with van der Waals surface area (Å²) in [5.74, 6) is -0.299. The summed E-state index contributed by atoms with van der Waals surface area (Å²) in [4.78, 5) is 23.3. The lowest BCUT2D eigenvalue weighted by Crippen LogP contribution is -2.47. The van der Waals surface area contributed by atoms with Gasteiger partial charge >= 0.3 is 6.03 Å². The Labute approximate surface area is 103 Å². The van der Waals surface area contributed by atoms with Crippen molar-refractivity contribution in [2.24, 2.45) is 0 Å². The molecule has 5 nitrogen and oxygen atoms in total. The van der Waals surface area contributed by atoms with E-state index in [1.165, 1.54) is 0 Å². The van der Waals surface area contributed by atoms with Crippen molar-refractivity contribution < 1.29 is 9.59 Å². The zero-order valence-electron chi connectivity index (χ0n) is 8.84. The van der Waals surface area contributed by atoms with Crippen LogP contribution >= 0.6 is 11.6 Å². The first kappa shape index (κ1) is 10.4. The Morgan fingerprint density at radius 3 is 2.82 bits per heavy atom. The molecule has 88 valence electrons. The molecule has 1 saturated heterocycles. The monoisotopic (exact) mass is 251 g/mol. The summed E-state index contributed by atoms with van der Waals surface area (Å²) in [7, 11) is 0.